The van der Waals surface area contributed by atoms with Crippen molar-refractivity contribution in [2.75, 3.05) is 19.8 Å². The number of rotatable bonds is 30. The first-order valence-electron chi connectivity index (χ1n) is 23.3. The zero-order valence-electron chi connectivity index (χ0n) is 41.1. The van der Waals surface area contributed by atoms with Gasteiger partial charge in [-0.25, -0.2) is 9.78 Å². The van der Waals surface area contributed by atoms with Gasteiger partial charge in [-0.15, -0.1) is 0 Å². The number of nitrogens with zero attached hydrogens (tertiary/aromatic N) is 1. The number of nitrogens with one attached hydrogen (secondary N) is 9. The number of carboxylic acids is 1. The van der Waals surface area contributed by atoms with E-state index >= 15 is 0 Å². The molecular formula is C47H66N12O15. The van der Waals surface area contributed by atoms with Crippen molar-refractivity contribution in [2.45, 2.75) is 108 Å². The second-order valence-electron chi connectivity index (χ2n) is 17.8. The van der Waals surface area contributed by atoms with Gasteiger partial charge in [0.05, 0.1) is 38.6 Å². The molecule has 2 aromatic carbocycles. The Balaban J connectivity index is 1.79. The van der Waals surface area contributed by atoms with Crippen molar-refractivity contribution in [3.63, 3.8) is 0 Å². The van der Waals surface area contributed by atoms with E-state index in [9.17, 15) is 73.5 Å². The Morgan fingerprint density at radius 1 is 0.527 bits per heavy atom. The number of hydrogen-bond donors (Lipinski definition) is 16. The molecule has 1 aromatic heterocycles. The van der Waals surface area contributed by atoms with Crippen molar-refractivity contribution in [3.05, 3.63) is 83.9 Å². The number of carbonyl (C=O) groups is 10. The van der Waals surface area contributed by atoms with Crippen LogP contribution in [0, 0.1) is 11.8 Å². The minimum atomic E-state index is -1.85. The molecule has 9 unspecified atom stereocenters. The number of primary amides is 1. The number of aromatic amines is 1. The first-order valence-corrected chi connectivity index (χ1v) is 23.3. The predicted octanol–water partition coefficient (Wildman–Crippen LogP) is -5.40. The lowest BCUT2D eigenvalue weighted by Crippen LogP contribution is -2.62. The Kier molecular flexibility index (Phi) is 24.0. The molecule has 404 valence electrons. The highest BCUT2D eigenvalue weighted by Crippen LogP contribution is 2.13. The molecule has 0 spiro atoms. The van der Waals surface area contributed by atoms with Gasteiger partial charge in [0.15, 0.2) is 0 Å². The minimum absolute atomic E-state index is 0.00737. The number of H-pyrrole nitrogens is 1. The standard InChI is InChI=1S/C47H66N12O15/c1-23(2)37(58-41(67)31(15-26-10-12-28(63)13-11-26)53-43(69)33(19-60)55-39(65)29(48)16-27-18-50-22-51-27)46(72)57-35(21-62)45(71)56-34(20-61)44(70)52-30(14-25-8-6-5-7-9-25)40(66)54-32(17-36(49)64)42(68)59-38(24(3)4)47(73)74/h5-13,18,22-24,29-35,37-38,60-63H,14-17,19-21,48H2,1-4H3,(H2,49,64)(H,50,51)(H,52,70)(H,53,69)(H,54,66)(H,55,65)(H,56,71)(H,57,72)(H,58,67)(H,59,68)(H,73,74). The SMILES string of the molecule is CC(C)C(NC(=O)C(CC(N)=O)NC(=O)C(Cc1ccccc1)NC(=O)C(CO)NC(=O)C(CO)NC(=O)C(NC(=O)C(Cc1ccc(O)cc1)NC(=O)C(CO)NC(=O)C(N)Cc1cnc[nH]1)C(C)C)C(=O)O. The van der Waals surface area contributed by atoms with Crippen LogP contribution in [0.4, 0.5) is 0 Å². The van der Waals surface area contributed by atoms with E-state index in [1.807, 2.05) is 0 Å². The molecule has 0 bridgehead atoms. The van der Waals surface area contributed by atoms with Gasteiger partial charge in [-0.2, -0.15) is 0 Å². The van der Waals surface area contributed by atoms with E-state index in [0.29, 0.717) is 16.8 Å². The average Bonchev–Trinajstić information content (AvgIpc) is 3.87. The number of aromatic hydroxyl groups is 1. The number of phenols is 1. The minimum Gasteiger partial charge on any atom is -0.508 e. The third-order valence-corrected chi connectivity index (χ3v) is 11.2. The number of amides is 9. The summed E-state index contributed by atoms with van der Waals surface area (Å²) in [6.45, 7) is 2.96. The van der Waals surface area contributed by atoms with Gasteiger partial charge in [0.25, 0.3) is 0 Å². The Labute approximate surface area is 424 Å². The molecule has 74 heavy (non-hydrogen) atoms. The fourth-order valence-electron chi connectivity index (χ4n) is 7.04. The lowest BCUT2D eigenvalue weighted by molar-refractivity contribution is -0.143. The van der Waals surface area contributed by atoms with Gasteiger partial charge in [-0.3, -0.25) is 43.2 Å². The van der Waals surface area contributed by atoms with Gasteiger partial charge >= 0.3 is 5.97 Å². The highest BCUT2D eigenvalue weighted by molar-refractivity contribution is 5.99. The first kappa shape index (κ1) is 60.3. The zero-order chi connectivity index (χ0) is 55.2. The Bertz CT molecular complexity index is 2390. The molecular weight excluding hydrogens is 973 g/mol. The quantitative estimate of drug-likeness (QED) is 0.0296. The number of benzene rings is 2. The molecule has 9 amide bonds. The topological polar surface area (TPSA) is 449 Å². The first-order chi connectivity index (χ1) is 35.0. The molecule has 0 radical (unpaired) electrons. The lowest BCUT2D eigenvalue weighted by atomic mass is 10.00. The van der Waals surface area contributed by atoms with Crippen LogP contribution in [0.3, 0.4) is 0 Å². The number of aliphatic hydroxyl groups is 3. The van der Waals surface area contributed by atoms with Gasteiger partial charge in [0.1, 0.15) is 54.1 Å². The third-order valence-electron chi connectivity index (χ3n) is 11.2. The molecule has 9 atom stereocenters. The molecule has 27 heteroatoms. The van der Waals surface area contributed by atoms with Gasteiger partial charge in [0.2, 0.25) is 53.2 Å². The number of nitrogens with two attached hydrogens (primary N) is 2. The summed E-state index contributed by atoms with van der Waals surface area (Å²) in [6, 6.07) is -0.483. The van der Waals surface area contributed by atoms with Crippen molar-refractivity contribution in [1.29, 1.82) is 0 Å². The fraction of sp³-hybridized carbons (Fsp3) is 0.468. The van der Waals surface area contributed by atoms with E-state index in [2.05, 4.69) is 52.5 Å². The monoisotopic (exact) mass is 1040 g/mol. The van der Waals surface area contributed by atoms with Crippen LogP contribution in [0.15, 0.2) is 67.1 Å². The molecule has 0 saturated carbocycles. The summed E-state index contributed by atoms with van der Waals surface area (Å²) < 4.78 is 0. The Morgan fingerprint density at radius 3 is 1.38 bits per heavy atom. The second-order valence-corrected chi connectivity index (χ2v) is 17.8. The third kappa shape index (κ3) is 19.2. The van der Waals surface area contributed by atoms with E-state index in [0.717, 1.165) is 0 Å². The predicted molar refractivity (Wildman–Crippen MR) is 260 cm³/mol. The van der Waals surface area contributed by atoms with Gasteiger partial charge in [-0.05, 0) is 35.1 Å². The molecule has 0 aliphatic rings. The fourth-order valence-corrected chi connectivity index (χ4v) is 7.04. The number of phenolic OH excluding ortho intramolecular Hbond substituents is 1. The zero-order valence-corrected chi connectivity index (χ0v) is 41.1. The summed E-state index contributed by atoms with van der Waals surface area (Å²) in [5.41, 5.74) is 12.7. The van der Waals surface area contributed by atoms with E-state index < -0.39 is 152 Å². The molecule has 0 aliphatic heterocycles. The average molecular weight is 1040 g/mol. The number of aromatic nitrogens is 2. The highest BCUT2D eigenvalue weighted by atomic mass is 16.4. The van der Waals surface area contributed by atoms with Crippen molar-refractivity contribution < 1.29 is 73.5 Å². The molecule has 0 saturated heterocycles. The number of aliphatic hydroxyl groups excluding tert-OH is 3. The van der Waals surface area contributed by atoms with Gasteiger partial charge in [-0.1, -0.05) is 70.2 Å². The van der Waals surface area contributed by atoms with E-state index in [1.165, 1.54) is 64.5 Å². The van der Waals surface area contributed by atoms with E-state index in [4.69, 9.17) is 11.5 Å². The number of aliphatic carboxylic acids is 1. The van der Waals surface area contributed by atoms with E-state index in [1.54, 1.807) is 30.3 Å². The number of carbonyl (C=O) groups excluding carboxylic acids is 9. The summed E-state index contributed by atoms with van der Waals surface area (Å²) in [5, 5.41) is 68.7. The maximum absolute atomic E-state index is 14.0. The molecule has 0 fully saturated rings. The van der Waals surface area contributed by atoms with Gasteiger partial charge in [0, 0.05) is 31.2 Å². The Morgan fingerprint density at radius 2 is 0.932 bits per heavy atom. The van der Waals surface area contributed by atoms with Crippen LogP contribution < -0.4 is 54.0 Å². The summed E-state index contributed by atoms with van der Waals surface area (Å²) in [4.78, 5) is 139. The molecule has 3 aromatic rings. The molecule has 27 nitrogen and oxygen atoms in total. The highest BCUT2D eigenvalue weighted by Gasteiger charge is 2.36. The van der Waals surface area contributed by atoms with Crippen LogP contribution in [-0.4, -0.2) is 169 Å². The molecule has 0 aliphatic carbocycles. The normalized spacial score (nSPS) is 14.8. The maximum Gasteiger partial charge on any atom is 0.326 e. The smallest absolute Gasteiger partial charge is 0.326 e. The molecule has 1 heterocycles. The van der Waals surface area contributed by atoms with Crippen molar-refractivity contribution in [2.24, 2.45) is 23.3 Å². The van der Waals surface area contributed by atoms with Crippen molar-refractivity contribution in [1.82, 2.24) is 52.5 Å². The van der Waals surface area contributed by atoms with Crippen LogP contribution in [0.1, 0.15) is 50.9 Å². The lowest BCUT2D eigenvalue weighted by Gasteiger charge is -2.28. The Hall–Kier alpha value is -8.01. The van der Waals surface area contributed by atoms with E-state index in [-0.39, 0.29) is 25.0 Å². The number of hydrogen-bond acceptors (Lipinski definition) is 16. The molecule has 18 N–H and O–H groups in total. The van der Waals surface area contributed by atoms with Crippen molar-refractivity contribution >= 4 is 59.1 Å². The summed E-state index contributed by atoms with van der Waals surface area (Å²) in [7, 11) is 0. The van der Waals surface area contributed by atoms with Crippen LogP contribution in [0.2, 0.25) is 0 Å². The largest absolute Gasteiger partial charge is 0.508 e. The van der Waals surface area contributed by atoms with Crippen molar-refractivity contribution in [3.8, 4) is 5.75 Å². The maximum atomic E-state index is 14.0. The van der Waals surface area contributed by atoms with Crippen LogP contribution in [0.5, 0.6) is 5.75 Å². The van der Waals surface area contributed by atoms with Crippen LogP contribution in [0.25, 0.3) is 0 Å². The summed E-state index contributed by atoms with van der Waals surface area (Å²) in [6.07, 6.45) is 1.56. The van der Waals surface area contributed by atoms with Crippen LogP contribution in [-0.2, 0) is 67.2 Å². The van der Waals surface area contributed by atoms with Gasteiger partial charge < -0.3 is 84.5 Å². The summed E-state index contributed by atoms with van der Waals surface area (Å²) >= 11 is 0. The number of carboxylic acid groups (broad SMARTS) is 1. The molecule has 3 rings (SSSR count). The number of imidazole rings is 1. The summed E-state index contributed by atoms with van der Waals surface area (Å²) in [5.74, 6) is -12.2. The van der Waals surface area contributed by atoms with Crippen LogP contribution >= 0.6 is 0 Å². The second kappa shape index (κ2) is 29.5.